The standard InChI is InChI=1S/C17H14N2O3S/c20-17-16(8-13-3-1-2-6-18-13)23-10-19(17)9-12-4-5-14-15(7-12)22-11-21-14/h1-8H,9-11H2/b16-8-. The molecule has 0 aliphatic carbocycles. The van der Waals surface area contributed by atoms with Crippen LogP contribution in [0.4, 0.5) is 0 Å². The molecule has 1 saturated heterocycles. The van der Waals surface area contributed by atoms with Crippen molar-refractivity contribution in [1.29, 1.82) is 0 Å². The Morgan fingerprint density at radius 3 is 3.00 bits per heavy atom. The number of ether oxygens (including phenoxy) is 2. The lowest BCUT2D eigenvalue weighted by Crippen LogP contribution is -2.24. The zero-order valence-corrected chi connectivity index (χ0v) is 13.1. The van der Waals surface area contributed by atoms with Crippen LogP contribution in [0, 0.1) is 0 Å². The predicted octanol–water partition coefficient (Wildman–Crippen LogP) is 2.88. The lowest BCUT2D eigenvalue weighted by molar-refractivity contribution is -0.125. The van der Waals surface area contributed by atoms with Crippen LogP contribution in [0.5, 0.6) is 11.5 Å². The SMILES string of the molecule is O=C1/C(=C/c2ccccn2)SCN1Cc1ccc2c(c1)OCO2. The third-order valence-electron chi connectivity index (χ3n) is 3.65. The van der Waals surface area contributed by atoms with Gasteiger partial charge in [0.2, 0.25) is 6.79 Å². The van der Waals surface area contributed by atoms with Gasteiger partial charge in [-0.15, -0.1) is 0 Å². The largest absolute Gasteiger partial charge is 0.454 e. The van der Waals surface area contributed by atoms with Gasteiger partial charge in [0.1, 0.15) is 0 Å². The van der Waals surface area contributed by atoms with Crippen LogP contribution >= 0.6 is 11.8 Å². The molecular weight excluding hydrogens is 312 g/mol. The Morgan fingerprint density at radius 1 is 1.22 bits per heavy atom. The van der Waals surface area contributed by atoms with Gasteiger partial charge in [0, 0.05) is 12.7 Å². The van der Waals surface area contributed by atoms with Crippen LogP contribution in [-0.4, -0.2) is 28.5 Å². The van der Waals surface area contributed by atoms with Crippen LogP contribution in [0.1, 0.15) is 11.3 Å². The molecule has 5 nitrogen and oxygen atoms in total. The Kier molecular flexibility index (Phi) is 3.67. The summed E-state index contributed by atoms with van der Waals surface area (Å²) in [6.45, 7) is 0.816. The zero-order valence-electron chi connectivity index (χ0n) is 12.3. The number of hydrogen-bond donors (Lipinski definition) is 0. The molecule has 6 heteroatoms. The first kappa shape index (κ1) is 14.1. The van der Waals surface area contributed by atoms with Crippen LogP contribution in [0.15, 0.2) is 47.5 Å². The van der Waals surface area contributed by atoms with Gasteiger partial charge in [-0.2, -0.15) is 0 Å². The molecule has 0 spiro atoms. The number of carbonyl (C=O) groups excluding carboxylic acids is 1. The predicted molar refractivity (Wildman–Crippen MR) is 87.8 cm³/mol. The lowest BCUT2D eigenvalue weighted by atomic mass is 10.2. The number of carbonyl (C=O) groups is 1. The average molecular weight is 326 g/mol. The molecule has 23 heavy (non-hydrogen) atoms. The maximum absolute atomic E-state index is 12.5. The molecular formula is C17H14N2O3S. The minimum absolute atomic E-state index is 0.0401. The van der Waals surface area contributed by atoms with Crippen molar-refractivity contribution in [2.45, 2.75) is 6.54 Å². The highest BCUT2D eigenvalue weighted by Crippen LogP contribution is 2.35. The van der Waals surface area contributed by atoms with Crippen molar-refractivity contribution in [3.05, 3.63) is 58.8 Å². The fourth-order valence-corrected chi connectivity index (χ4v) is 3.46. The Hall–Kier alpha value is -2.47. The van der Waals surface area contributed by atoms with Gasteiger partial charge in [-0.25, -0.2) is 0 Å². The monoisotopic (exact) mass is 326 g/mol. The molecule has 116 valence electrons. The van der Waals surface area contributed by atoms with Gasteiger partial charge in [-0.1, -0.05) is 23.9 Å². The number of fused-ring (bicyclic) bond motifs is 1. The van der Waals surface area contributed by atoms with E-state index in [4.69, 9.17) is 9.47 Å². The third kappa shape index (κ3) is 2.90. The molecule has 4 rings (SSSR count). The first-order chi connectivity index (χ1) is 11.3. The lowest BCUT2D eigenvalue weighted by Gasteiger charge is -2.14. The summed E-state index contributed by atoms with van der Waals surface area (Å²) in [7, 11) is 0. The average Bonchev–Trinajstić information content (AvgIpc) is 3.17. The van der Waals surface area contributed by atoms with E-state index in [0.29, 0.717) is 12.4 Å². The van der Waals surface area contributed by atoms with Crippen LogP contribution in [-0.2, 0) is 11.3 Å². The van der Waals surface area contributed by atoms with Gasteiger partial charge in [0.05, 0.1) is 16.5 Å². The Bertz CT molecular complexity index is 777. The minimum atomic E-state index is 0.0401. The van der Waals surface area contributed by atoms with Crippen molar-refractivity contribution in [1.82, 2.24) is 9.88 Å². The van der Waals surface area contributed by atoms with Crippen molar-refractivity contribution in [2.24, 2.45) is 0 Å². The third-order valence-corrected chi connectivity index (χ3v) is 4.70. The van der Waals surface area contributed by atoms with E-state index in [0.717, 1.165) is 27.7 Å². The second-order valence-corrected chi connectivity index (χ2v) is 6.21. The molecule has 1 fully saturated rings. The summed E-state index contributed by atoms with van der Waals surface area (Å²) in [6, 6.07) is 11.4. The quantitative estimate of drug-likeness (QED) is 0.812. The van der Waals surface area contributed by atoms with Gasteiger partial charge in [-0.3, -0.25) is 9.78 Å². The molecule has 0 bridgehead atoms. The Labute approximate surface area is 137 Å². The van der Waals surface area contributed by atoms with Crippen molar-refractivity contribution in [3.63, 3.8) is 0 Å². The van der Waals surface area contributed by atoms with E-state index in [-0.39, 0.29) is 12.7 Å². The Balaban J connectivity index is 1.49. The fourth-order valence-electron chi connectivity index (χ4n) is 2.50. The molecule has 0 saturated carbocycles. The van der Waals surface area contributed by atoms with Gasteiger partial charge >= 0.3 is 0 Å². The van der Waals surface area contributed by atoms with Crippen molar-refractivity contribution in [2.75, 3.05) is 12.7 Å². The summed E-state index contributed by atoms with van der Waals surface area (Å²) < 4.78 is 10.7. The highest BCUT2D eigenvalue weighted by Gasteiger charge is 2.27. The number of benzene rings is 1. The number of nitrogens with zero attached hydrogens (tertiary/aromatic N) is 2. The second-order valence-electron chi connectivity index (χ2n) is 5.23. The smallest absolute Gasteiger partial charge is 0.261 e. The summed E-state index contributed by atoms with van der Waals surface area (Å²) in [6.07, 6.45) is 3.56. The van der Waals surface area contributed by atoms with Crippen LogP contribution in [0.25, 0.3) is 6.08 Å². The van der Waals surface area contributed by atoms with E-state index < -0.39 is 0 Å². The normalized spacial score (nSPS) is 18.0. The summed E-state index contributed by atoms with van der Waals surface area (Å²) in [5.74, 6) is 2.18. The zero-order chi connectivity index (χ0) is 15.6. The van der Waals surface area contributed by atoms with Crippen molar-refractivity contribution in [3.8, 4) is 11.5 Å². The number of aromatic nitrogens is 1. The highest BCUT2D eigenvalue weighted by atomic mass is 32.2. The molecule has 0 atom stereocenters. The maximum Gasteiger partial charge on any atom is 0.261 e. The minimum Gasteiger partial charge on any atom is -0.454 e. The summed E-state index contributed by atoms with van der Waals surface area (Å²) in [5.41, 5.74) is 1.83. The molecule has 1 aromatic heterocycles. The first-order valence-electron chi connectivity index (χ1n) is 7.23. The molecule has 1 amide bonds. The topological polar surface area (TPSA) is 51.7 Å². The van der Waals surface area contributed by atoms with Crippen LogP contribution in [0.3, 0.4) is 0 Å². The van der Waals surface area contributed by atoms with E-state index in [1.54, 1.807) is 6.20 Å². The summed E-state index contributed by atoms with van der Waals surface area (Å²) in [5, 5.41) is 0. The molecule has 1 aromatic carbocycles. The number of thioether (sulfide) groups is 1. The molecule has 2 aliphatic heterocycles. The van der Waals surface area contributed by atoms with E-state index in [1.807, 2.05) is 47.4 Å². The molecule has 3 heterocycles. The van der Waals surface area contributed by atoms with E-state index in [1.165, 1.54) is 11.8 Å². The summed E-state index contributed by atoms with van der Waals surface area (Å²) >= 11 is 1.54. The van der Waals surface area contributed by atoms with E-state index in [9.17, 15) is 4.79 Å². The van der Waals surface area contributed by atoms with Gasteiger partial charge < -0.3 is 14.4 Å². The number of amides is 1. The molecule has 2 aliphatic rings. The first-order valence-corrected chi connectivity index (χ1v) is 8.21. The second kappa shape index (κ2) is 5.96. The molecule has 0 unspecified atom stereocenters. The maximum atomic E-state index is 12.5. The van der Waals surface area contributed by atoms with E-state index in [2.05, 4.69) is 4.98 Å². The Morgan fingerprint density at radius 2 is 2.13 bits per heavy atom. The summed E-state index contributed by atoms with van der Waals surface area (Å²) in [4.78, 5) is 19.3. The van der Waals surface area contributed by atoms with Crippen molar-refractivity contribution < 1.29 is 14.3 Å². The van der Waals surface area contributed by atoms with Gasteiger partial charge in [0.15, 0.2) is 11.5 Å². The van der Waals surface area contributed by atoms with E-state index >= 15 is 0 Å². The molecule has 0 radical (unpaired) electrons. The van der Waals surface area contributed by atoms with Crippen LogP contribution in [0.2, 0.25) is 0 Å². The van der Waals surface area contributed by atoms with Gasteiger partial charge in [0.25, 0.3) is 5.91 Å². The van der Waals surface area contributed by atoms with Gasteiger partial charge in [-0.05, 0) is 35.9 Å². The van der Waals surface area contributed by atoms with Crippen LogP contribution < -0.4 is 9.47 Å². The highest BCUT2D eigenvalue weighted by molar-refractivity contribution is 8.04. The fraction of sp³-hybridized carbons (Fsp3) is 0.176. The molecule has 0 N–H and O–H groups in total. The molecule has 2 aromatic rings. The number of hydrogen-bond acceptors (Lipinski definition) is 5. The number of rotatable bonds is 3. The number of pyridine rings is 1. The van der Waals surface area contributed by atoms with Crippen molar-refractivity contribution >= 4 is 23.7 Å².